The molecule has 0 radical (unpaired) electrons. The lowest BCUT2D eigenvalue weighted by atomic mass is 10.2. The molecule has 154 valence electrons. The molecule has 0 bridgehead atoms. The first-order chi connectivity index (χ1) is 14.4. The maximum Gasteiger partial charge on any atom is 0.411 e. The molecule has 0 saturated heterocycles. The van der Waals surface area contributed by atoms with Gasteiger partial charge in [0.15, 0.2) is 0 Å². The number of nitrogens with one attached hydrogen (secondary N) is 3. The van der Waals surface area contributed by atoms with Crippen LogP contribution < -0.4 is 15.4 Å². The van der Waals surface area contributed by atoms with Crippen molar-refractivity contribution in [2.75, 3.05) is 10.6 Å². The third kappa shape index (κ3) is 6.08. The maximum atomic E-state index is 12.5. The lowest BCUT2D eigenvalue weighted by Gasteiger charge is -2.11. The van der Waals surface area contributed by atoms with Gasteiger partial charge in [0.25, 0.3) is 10.0 Å². The summed E-state index contributed by atoms with van der Waals surface area (Å²) in [5.41, 5.74) is 1.47. The number of rotatable bonds is 6. The molecule has 3 N–H and O–H groups in total. The van der Waals surface area contributed by atoms with Crippen LogP contribution in [0.3, 0.4) is 0 Å². The molecule has 9 heteroatoms. The van der Waals surface area contributed by atoms with Gasteiger partial charge >= 0.3 is 12.1 Å². The molecule has 0 aliphatic carbocycles. The average molecular weight is 425 g/mol. The van der Waals surface area contributed by atoms with E-state index in [0.717, 1.165) is 5.56 Å². The Hall–Kier alpha value is -3.85. The molecule has 0 aliphatic heterocycles. The lowest BCUT2D eigenvalue weighted by molar-refractivity contribution is 0.155. The predicted molar refractivity (Wildman–Crippen MR) is 112 cm³/mol. The highest BCUT2D eigenvalue weighted by Crippen LogP contribution is 2.16. The number of hydrogen-bond donors (Lipinski definition) is 3. The summed E-state index contributed by atoms with van der Waals surface area (Å²) in [6.07, 6.45) is -0.733. The normalized spacial score (nSPS) is 10.7. The number of sulfonamides is 1. The van der Waals surface area contributed by atoms with Crippen molar-refractivity contribution in [3.8, 4) is 0 Å². The first kappa shape index (κ1) is 20.9. The van der Waals surface area contributed by atoms with E-state index in [-0.39, 0.29) is 17.2 Å². The van der Waals surface area contributed by atoms with Crippen LogP contribution in [0.15, 0.2) is 89.8 Å². The number of carbonyl (C=O) groups excluding carboxylic acids is 2. The molecule has 3 rings (SSSR count). The van der Waals surface area contributed by atoms with Crippen LogP contribution in [-0.2, 0) is 21.4 Å². The zero-order valence-corrected chi connectivity index (χ0v) is 16.6. The van der Waals surface area contributed by atoms with E-state index in [2.05, 4.69) is 10.6 Å². The van der Waals surface area contributed by atoms with E-state index in [4.69, 9.17) is 4.74 Å². The highest BCUT2D eigenvalue weighted by atomic mass is 32.2. The van der Waals surface area contributed by atoms with Gasteiger partial charge in [-0.1, -0.05) is 54.6 Å². The van der Waals surface area contributed by atoms with E-state index in [1.54, 1.807) is 30.3 Å². The van der Waals surface area contributed by atoms with Crippen molar-refractivity contribution in [3.63, 3.8) is 0 Å². The van der Waals surface area contributed by atoms with E-state index in [9.17, 15) is 18.0 Å². The second kappa shape index (κ2) is 9.57. The molecule has 30 heavy (non-hydrogen) atoms. The molecule has 0 heterocycles. The molecule has 0 atom stereocenters. The van der Waals surface area contributed by atoms with Crippen LogP contribution in [0.1, 0.15) is 5.56 Å². The molecule has 0 aromatic heterocycles. The summed E-state index contributed by atoms with van der Waals surface area (Å²) in [7, 11) is -4.15. The summed E-state index contributed by atoms with van der Waals surface area (Å²) in [4.78, 5) is 23.8. The number of hydrogen-bond acceptors (Lipinski definition) is 5. The van der Waals surface area contributed by atoms with Gasteiger partial charge < -0.3 is 10.1 Å². The van der Waals surface area contributed by atoms with E-state index in [1.807, 2.05) is 35.1 Å². The van der Waals surface area contributed by atoms with Crippen molar-refractivity contribution in [2.45, 2.75) is 11.5 Å². The minimum atomic E-state index is -4.15. The van der Waals surface area contributed by atoms with E-state index < -0.39 is 22.1 Å². The Morgan fingerprint density at radius 2 is 1.40 bits per heavy atom. The summed E-state index contributed by atoms with van der Waals surface area (Å²) in [6.45, 7) is 0.0753. The van der Waals surface area contributed by atoms with Crippen molar-refractivity contribution in [1.29, 1.82) is 0 Å². The average Bonchev–Trinajstić information content (AvgIpc) is 2.73. The third-order valence-corrected chi connectivity index (χ3v) is 5.19. The summed E-state index contributed by atoms with van der Waals surface area (Å²) in [5, 5.41) is 4.89. The quantitative estimate of drug-likeness (QED) is 0.553. The summed E-state index contributed by atoms with van der Waals surface area (Å²) in [5.74, 6) is 0. The fourth-order valence-electron chi connectivity index (χ4n) is 2.48. The van der Waals surface area contributed by atoms with Gasteiger partial charge in [0.2, 0.25) is 0 Å². The third-order valence-electron chi connectivity index (χ3n) is 3.86. The lowest BCUT2D eigenvalue weighted by Crippen LogP contribution is -2.34. The first-order valence-electron chi connectivity index (χ1n) is 8.89. The topological polar surface area (TPSA) is 114 Å². The van der Waals surface area contributed by atoms with Crippen molar-refractivity contribution < 1.29 is 22.7 Å². The Balaban J connectivity index is 1.60. The number of amides is 3. The van der Waals surface area contributed by atoms with Gasteiger partial charge in [-0.25, -0.2) is 22.7 Å². The van der Waals surface area contributed by atoms with Gasteiger partial charge in [-0.05, 0) is 35.9 Å². The van der Waals surface area contributed by atoms with Crippen molar-refractivity contribution in [1.82, 2.24) is 4.72 Å². The first-order valence-corrected chi connectivity index (χ1v) is 10.4. The molecular weight excluding hydrogens is 406 g/mol. The molecule has 0 spiro atoms. The zero-order valence-electron chi connectivity index (χ0n) is 15.7. The molecular formula is C21H19N3O5S. The second-order valence-electron chi connectivity index (χ2n) is 6.14. The van der Waals surface area contributed by atoms with Crippen molar-refractivity contribution in [2.24, 2.45) is 0 Å². The van der Waals surface area contributed by atoms with Crippen molar-refractivity contribution >= 4 is 33.5 Å². The fraction of sp³-hybridized carbons (Fsp3) is 0.0476. The monoisotopic (exact) mass is 425 g/mol. The van der Waals surface area contributed by atoms with Gasteiger partial charge in [-0.3, -0.25) is 5.32 Å². The number of anilines is 2. The Labute approximate surface area is 173 Å². The predicted octanol–water partition coefficient (Wildman–Crippen LogP) is 3.95. The molecule has 0 unspecified atom stereocenters. The molecule has 0 aliphatic rings. The van der Waals surface area contributed by atoms with E-state index in [1.165, 1.54) is 24.3 Å². The van der Waals surface area contributed by atoms with E-state index >= 15 is 0 Å². The molecule has 3 aromatic rings. The maximum absolute atomic E-state index is 12.5. The number of carbonyl (C=O) groups is 2. The van der Waals surface area contributed by atoms with Gasteiger partial charge in [0.1, 0.15) is 6.61 Å². The Morgan fingerprint density at radius 3 is 2.10 bits per heavy atom. The summed E-state index contributed by atoms with van der Waals surface area (Å²) >= 11 is 0. The fourth-order valence-corrected chi connectivity index (χ4v) is 3.43. The summed E-state index contributed by atoms with van der Waals surface area (Å²) < 4.78 is 32.0. The zero-order chi connectivity index (χ0) is 21.4. The minimum absolute atomic E-state index is 0.0753. The van der Waals surface area contributed by atoms with E-state index in [0.29, 0.717) is 5.69 Å². The second-order valence-corrected chi connectivity index (χ2v) is 7.82. The van der Waals surface area contributed by atoms with Crippen LogP contribution in [0, 0.1) is 0 Å². The largest absolute Gasteiger partial charge is 0.444 e. The number of ether oxygens (including phenoxy) is 1. The highest BCUT2D eigenvalue weighted by molar-refractivity contribution is 7.90. The Bertz CT molecular complexity index is 1120. The van der Waals surface area contributed by atoms with Crippen LogP contribution in [0.25, 0.3) is 0 Å². The molecule has 8 nitrogen and oxygen atoms in total. The van der Waals surface area contributed by atoms with Gasteiger partial charge in [-0.2, -0.15) is 0 Å². The number of para-hydroxylation sites is 1. The number of benzene rings is 3. The Morgan fingerprint density at radius 1 is 0.767 bits per heavy atom. The SMILES string of the molecule is O=C(Nc1ccccc1)NS(=O)(=O)c1cccc(NC(=O)OCc2ccccc2)c1. The molecule has 0 fully saturated rings. The smallest absolute Gasteiger partial charge is 0.411 e. The van der Waals surface area contributed by atoms with Crippen LogP contribution in [0.4, 0.5) is 21.0 Å². The summed E-state index contributed by atoms with van der Waals surface area (Å²) in [6, 6.07) is 22.1. The van der Waals surface area contributed by atoms with Gasteiger partial charge in [0.05, 0.1) is 4.90 Å². The van der Waals surface area contributed by atoms with Gasteiger partial charge in [-0.15, -0.1) is 0 Å². The van der Waals surface area contributed by atoms with Crippen molar-refractivity contribution in [3.05, 3.63) is 90.5 Å². The standard InChI is InChI=1S/C21H19N3O5S/c25-20(22-17-10-5-2-6-11-17)24-30(27,28)19-13-7-12-18(14-19)23-21(26)29-15-16-8-3-1-4-9-16/h1-14H,15H2,(H,23,26)(H2,22,24,25). The number of urea groups is 1. The van der Waals surface area contributed by atoms with Crippen LogP contribution >= 0.6 is 0 Å². The molecule has 3 amide bonds. The highest BCUT2D eigenvalue weighted by Gasteiger charge is 2.18. The van der Waals surface area contributed by atoms with Crippen LogP contribution in [0.2, 0.25) is 0 Å². The van der Waals surface area contributed by atoms with Gasteiger partial charge in [0, 0.05) is 11.4 Å². The van der Waals surface area contributed by atoms with Crippen LogP contribution in [0.5, 0.6) is 0 Å². The Kier molecular flexibility index (Phi) is 6.66. The molecule has 0 saturated carbocycles. The molecule has 3 aromatic carbocycles. The van der Waals surface area contributed by atoms with Crippen LogP contribution in [-0.4, -0.2) is 20.5 Å². The minimum Gasteiger partial charge on any atom is -0.444 e.